The molecule has 0 aliphatic rings. The summed E-state index contributed by atoms with van der Waals surface area (Å²) in [6.45, 7) is 3.66. The van der Waals surface area contributed by atoms with Crippen molar-refractivity contribution in [1.82, 2.24) is 0 Å². The molecule has 0 aromatic heterocycles. The standard InChI is InChI=1S/C6H14P2/c1-2-5-8-6-3-4-7/h2,8H,1,3-7H2. The van der Waals surface area contributed by atoms with Gasteiger partial charge in [0.2, 0.25) is 0 Å². The monoisotopic (exact) mass is 148 g/mol. The van der Waals surface area contributed by atoms with Crippen molar-refractivity contribution < 1.29 is 0 Å². The molecular formula is C6H14P2. The summed E-state index contributed by atoms with van der Waals surface area (Å²) in [6.07, 6.45) is 7.21. The highest BCUT2D eigenvalue weighted by molar-refractivity contribution is 7.38. The van der Waals surface area contributed by atoms with Gasteiger partial charge in [-0.05, 0) is 24.9 Å². The molecule has 0 fully saturated rings. The maximum atomic E-state index is 3.66. The second-order valence-corrected chi connectivity index (χ2v) is 3.62. The van der Waals surface area contributed by atoms with Crippen molar-refractivity contribution in [3.8, 4) is 0 Å². The molecule has 0 aliphatic carbocycles. The fourth-order valence-electron chi connectivity index (χ4n) is 0.431. The van der Waals surface area contributed by atoms with Gasteiger partial charge in [0, 0.05) is 0 Å². The molecule has 48 valence electrons. The molecule has 0 saturated heterocycles. The van der Waals surface area contributed by atoms with Crippen LogP contribution in [0.5, 0.6) is 0 Å². The first kappa shape index (κ1) is 8.60. The van der Waals surface area contributed by atoms with Crippen molar-refractivity contribution in [2.45, 2.75) is 6.42 Å². The molecule has 0 spiro atoms. The van der Waals surface area contributed by atoms with E-state index >= 15 is 0 Å². The highest BCUT2D eigenvalue weighted by atomic mass is 31.1. The highest BCUT2D eigenvalue weighted by Crippen LogP contribution is 2.10. The van der Waals surface area contributed by atoms with Crippen LogP contribution in [0.15, 0.2) is 12.7 Å². The van der Waals surface area contributed by atoms with Crippen LogP contribution < -0.4 is 0 Å². The third-order valence-electron chi connectivity index (χ3n) is 0.846. The SMILES string of the molecule is C=CCPCCCP. The molecule has 2 unspecified atom stereocenters. The molecule has 0 aromatic rings. The Hall–Kier alpha value is 0.600. The number of hydrogen-bond donors (Lipinski definition) is 0. The van der Waals surface area contributed by atoms with Gasteiger partial charge in [-0.1, -0.05) is 6.08 Å². The van der Waals surface area contributed by atoms with Crippen LogP contribution in [-0.2, 0) is 0 Å². The van der Waals surface area contributed by atoms with E-state index in [0.29, 0.717) is 0 Å². The highest BCUT2D eigenvalue weighted by Gasteiger charge is 1.80. The topological polar surface area (TPSA) is 0 Å². The van der Waals surface area contributed by atoms with Crippen molar-refractivity contribution in [2.75, 3.05) is 18.5 Å². The maximum absolute atomic E-state index is 3.66. The van der Waals surface area contributed by atoms with Crippen molar-refractivity contribution in [1.29, 1.82) is 0 Å². The molecule has 0 amide bonds. The van der Waals surface area contributed by atoms with Gasteiger partial charge in [-0.3, -0.25) is 0 Å². The van der Waals surface area contributed by atoms with Crippen LogP contribution >= 0.6 is 17.8 Å². The fourth-order valence-corrected chi connectivity index (χ4v) is 1.91. The van der Waals surface area contributed by atoms with E-state index in [9.17, 15) is 0 Å². The van der Waals surface area contributed by atoms with Crippen LogP contribution in [0.1, 0.15) is 6.42 Å². The minimum Gasteiger partial charge on any atom is -0.138 e. The van der Waals surface area contributed by atoms with Crippen LogP contribution in [-0.4, -0.2) is 18.5 Å². The van der Waals surface area contributed by atoms with Gasteiger partial charge in [-0.15, -0.1) is 24.4 Å². The Morgan fingerprint density at radius 1 is 1.62 bits per heavy atom. The van der Waals surface area contributed by atoms with Crippen molar-refractivity contribution >= 4 is 17.8 Å². The van der Waals surface area contributed by atoms with E-state index in [1.54, 1.807) is 0 Å². The Kier molecular flexibility index (Phi) is 8.17. The zero-order chi connectivity index (χ0) is 6.24. The largest absolute Gasteiger partial charge is 0.138 e. The first-order valence-corrected chi connectivity index (χ1v) is 5.16. The minimum atomic E-state index is 1.11. The second kappa shape index (κ2) is 7.60. The van der Waals surface area contributed by atoms with E-state index < -0.39 is 0 Å². The molecule has 0 N–H and O–H groups in total. The van der Waals surface area contributed by atoms with E-state index in [4.69, 9.17) is 0 Å². The minimum absolute atomic E-state index is 1.11. The van der Waals surface area contributed by atoms with Gasteiger partial charge in [0.05, 0.1) is 0 Å². The van der Waals surface area contributed by atoms with Crippen LogP contribution in [0.4, 0.5) is 0 Å². The molecular weight excluding hydrogens is 134 g/mol. The van der Waals surface area contributed by atoms with Crippen molar-refractivity contribution in [3.63, 3.8) is 0 Å². The lowest BCUT2D eigenvalue weighted by molar-refractivity contribution is 1.12. The molecule has 8 heavy (non-hydrogen) atoms. The molecule has 2 atom stereocenters. The number of rotatable bonds is 5. The predicted molar refractivity (Wildman–Crippen MR) is 47.4 cm³/mol. The third kappa shape index (κ3) is 6.60. The number of allylic oxidation sites excluding steroid dienone is 1. The van der Waals surface area contributed by atoms with Crippen molar-refractivity contribution in [3.05, 3.63) is 12.7 Å². The molecule has 2 heteroatoms. The molecule has 0 aliphatic heterocycles. The maximum Gasteiger partial charge on any atom is -0.0175 e. The van der Waals surface area contributed by atoms with Gasteiger partial charge in [0.15, 0.2) is 0 Å². The molecule has 0 bridgehead atoms. The Balaban J connectivity index is 2.62. The normalized spacial score (nSPS) is 10.6. The predicted octanol–water partition coefficient (Wildman–Crippen LogP) is 2.12. The van der Waals surface area contributed by atoms with Crippen LogP contribution in [0, 0.1) is 0 Å². The quantitative estimate of drug-likeness (QED) is 0.318. The van der Waals surface area contributed by atoms with Crippen LogP contribution in [0.3, 0.4) is 0 Å². The Labute approximate surface area is 56.1 Å². The van der Waals surface area contributed by atoms with Crippen LogP contribution in [0.25, 0.3) is 0 Å². The smallest absolute Gasteiger partial charge is 0.0175 e. The Bertz CT molecular complexity index is 52.5. The Morgan fingerprint density at radius 2 is 2.38 bits per heavy atom. The average Bonchev–Trinajstić information content (AvgIpc) is 1.81. The molecule has 0 nitrogen and oxygen atoms in total. The van der Waals surface area contributed by atoms with E-state index in [-0.39, 0.29) is 0 Å². The fraction of sp³-hybridized carbons (Fsp3) is 0.667. The molecule has 0 saturated carbocycles. The first-order chi connectivity index (χ1) is 3.91. The summed E-state index contributed by atoms with van der Waals surface area (Å²) in [5, 5.41) is 0. The summed E-state index contributed by atoms with van der Waals surface area (Å²) in [6, 6.07) is 0. The first-order valence-electron chi connectivity index (χ1n) is 2.93. The molecule has 0 aromatic carbocycles. The summed E-state index contributed by atoms with van der Waals surface area (Å²) in [5.74, 6) is 0. The molecule has 0 radical (unpaired) electrons. The Morgan fingerprint density at radius 3 is 2.88 bits per heavy atom. The van der Waals surface area contributed by atoms with Crippen LogP contribution in [0.2, 0.25) is 0 Å². The van der Waals surface area contributed by atoms with E-state index in [1.165, 1.54) is 24.9 Å². The zero-order valence-electron chi connectivity index (χ0n) is 5.19. The summed E-state index contributed by atoms with van der Waals surface area (Å²) in [7, 11) is 3.85. The number of hydrogen-bond acceptors (Lipinski definition) is 0. The lowest BCUT2D eigenvalue weighted by atomic mass is 10.6. The summed E-state index contributed by atoms with van der Waals surface area (Å²) in [5.41, 5.74) is 0. The van der Waals surface area contributed by atoms with Crippen molar-refractivity contribution in [2.24, 2.45) is 0 Å². The van der Waals surface area contributed by atoms with E-state index in [1.807, 2.05) is 6.08 Å². The van der Waals surface area contributed by atoms with Gasteiger partial charge >= 0.3 is 0 Å². The lowest BCUT2D eigenvalue weighted by Crippen LogP contribution is -1.77. The summed E-state index contributed by atoms with van der Waals surface area (Å²) >= 11 is 0. The lowest BCUT2D eigenvalue weighted by Gasteiger charge is -1.92. The van der Waals surface area contributed by atoms with Gasteiger partial charge < -0.3 is 0 Å². The third-order valence-corrected chi connectivity index (χ3v) is 2.54. The summed E-state index contributed by atoms with van der Waals surface area (Å²) in [4.78, 5) is 0. The van der Waals surface area contributed by atoms with Gasteiger partial charge in [0.25, 0.3) is 0 Å². The zero-order valence-corrected chi connectivity index (χ0v) is 7.34. The average molecular weight is 148 g/mol. The molecule has 0 rings (SSSR count). The summed E-state index contributed by atoms with van der Waals surface area (Å²) < 4.78 is 0. The molecule has 0 heterocycles. The van der Waals surface area contributed by atoms with E-state index in [0.717, 1.165) is 8.58 Å². The van der Waals surface area contributed by atoms with Gasteiger partial charge in [-0.2, -0.15) is 0 Å². The van der Waals surface area contributed by atoms with Gasteiger partial charge in [-0.25, -0.2) is 0 Å². The van der Waals surface area contributed by atoms with Gasteiger partial charge in [0.1, 0.15) is 0 Å². The second-order valence-electron chi connectivity index (χ2n) is 1.64. The van der Waals surface area contributed by atoms with E-state index in [2.05, 4.69) is 15.8 Å².